The second-order valence-electron chi connectivity index (χ2n) is 3.66. The third kappa shape index (κ3) is 2.43. The number of carbonyl (C=O) groups excluding carboxylic acids is 2. The lowest BCUT2D eigenvalue weighted by atomic mass is 10.1. The zero-order chi connectivity index (χ0) is 11.5. The van der Waals surface area contributed by atoms with Gasteiger partial charge in [-0.15, -0.1) is 0 Å². The van der Waals surface area contributed by atoms with Crippen LogP contribution in [0, 0.1) is 5.82 Å². The molecule has 0 bridgehead atoms. The summed E-state index contributed by atoms with van der Waals surface area (Å²) >= 11 is 0. The molecule has 0 spiro atoms. The van der Waals surface area contributed by atoms with Crippen molar-refractivity contribution in [1.82, 2.24) is 10.4 Å². The maximum atomic E-state index is 12.6. The zero-order valence-corrected chi connectivity index (χ0v) is 8.57. The van der Waals surface area contributed by atoms with Gasteiger partial charge in [0.1, 0.15) is 5.82 Å². The van der Waals surface area contributed by atoms with Crippen LogP contribution in [0.15, 0.2) is 24.3 Å². The predicted octanol–water partition coefficient (Wildman–Crippen LogP) is 0.284. The number of hydrazine groups is 1. The van der Waals surface area contributed by atoms with E-state index in [0.717, 1.165) is 5.56 Å². The first-order chi connectivity index (χ1) is 7.65. The summed E-state index contributed by atoms with van der Waals surface area (Å²) in [5.41, 5.74) is 3.43. The van der Waals surface area contributed by atoms with Crippen LogP contribution >= 0.6 is 0 Å². The van der Waals surface area contributed by atoms with Crippen molar-refractivity contribution in [2.75, 3.05) is 13.1 Å². The van der Waals surface area contributed by atoms with Crippen LogP contribution in [0.3, 0.4) is 0 Å². The standard InChI is InChI=1S/C11H11FN2O2/c12-9-3-1-8(2-4-9)5-11(16)14-7-10(15)6-13-14/h1-4,13H,5-7H2. The molecule has 1 aliphatic rings. The minimum absolute atomic E-state index is 0.00699. The maximum absolute atomic E-state index is 12.6. The molecule has 0 aliphatic carbocycles. The van der Waals surface area contributed by atoms with Crippen LogP contribution in [-0.4, -0.2) is 29.8 Å². The Kier molecular flexibility index (Phi) is 2.96. The van der Waals surface area contributed by atoms with Crippen molar-refractivity contribution >= 4 is 11.7 Å². The number of rotatable bonds is 2. The highest BCUT2D eigenvalue weighted by Crippen LogP contribution is 2.06. The van der Waals surface area contributed by atoms with Gasteiger partial charge in [-0.1, -0.05) is 12.1 Å². The fourth-order valence-electron chi connectivity index (χ4n) is 1.52. The molecule has 0 atom stereocenters. The van der Waals surface area contributed by atoms with E-state index in [2.05, 4.69) is 5.43 Å². The average molecular weight is 222 g/mol. The Morgan fingerprint density at radius 1 is 1.38 bits per heavy atom. The van der Waals surface area contributed by atoms with E-state index in [9.17, 15) is 14.0 Å². The first-order valence-electron chi connectivity index (χ1n) is 4.95. The van der Waals surface area contributed by atoms with Crippen molar-refractivity contribution in [2.24, 2.45) is 0 Å². The molecule has 4 nitrogen and oxygen atoms in total. The number of hydrogen-bond acceptors (Lipinski definition) is 3. The van der Waals surface area contributed by atoms with E-state index in [1.54, 1.807) is 12.1 Å². The third-order valence-corrected chi connectivity index (χ3v) is 2.37. The van der Waals surface area contributed by atoms with Gasteiger partial charge in [0, 0.05) is 0 Å². The summed E-state index contributed by atoms with van der Waals surface area (Å²) in [6.45, 7) is 0.315. The quantitative estimate of drug-likeness (QED) is 0.782. The summed E-state index contributed by atoms with van der Waals surface area (Å²) < 4.78 is 12.6. The summed E-state index contributed by atoms with van der Waals surface area (Å²) in [6.07, 6.45) is 0.167. The summed E-state index contributed by atoms with van der Waals surface area (Å²) in [7, 11) is 0. The van der Waals surface area contributed by atoms with E-state index in [1.807, 2.05) is 0 Å². The molecule has 5 heteroatoms. The van der Waals surface area contributed by atoms with Gasteiger partial charge in [0.25, 0.3) is 0 Å². The Bertz CT molecular complexity index is 416. The summed E-state index contributed by atoms with van der Waals surface area (Å²) in [4.78, 5) is 22.6. The number of Topliss-reactive ketones (excluding diaryl/α,β-unsaturated/α-hetero) is 1. The molecular weight excluding hydrogens is 211 g/mol. The van der Waals surface area contributed by atoms with Gasteiger partial charge in [0.15, 0.2) is 5.78 Å². The number of amides is 1. The van der Waals surface area contributed by atoms with E-state index in [-0.39, 0.29) is 37.0 Å². The average Bonchev–Trinajstić information content (AvgIpc) is 2.68. The Morgan fingerprint density at radius 3 is 2.62 bits per heavy atom. The summed E-state index contributed by atoms with van der Waals surface area (Å²) in [5, 5.41) is 1.30. The molecular formula is C11H11FN2O2. The molecule has 1 amide bonds. The van der Waals surface area contributed by atoms with Gasteiger partial charge in [-0.3, -0.25) is 14.6 Å². The Labute approximate surface area is 92.0 Å². The first-order valence-corrected chi connectivity index (χ1v) is 4.95. The molecule has 1 aromatic carbocycles. The van der Waals surface area contributed by atoms with Crippen molar-refractivity contribution in [3.8, 4) is 0 Å². The van der Waals surface area contributed by atoms with Crippen molar-refractivity contribution < 1.29 is 14.0 Å². The third-order valence-electron chi connectivity index (χ3n) is 2.37. The Hall–Kier alpha value is -1.75. The molecule has 0 radical (unpaired) electrons. The lowest BCUT2D eigenvalue weighted by Gasteiger charge is -2.14. The monoisotopic (exact) mass is 222 g/mol. The van der Waals surface area contributed by atoms with Gasteiger partial charge in [-0.25, -0.2) is 9.82 Å². The fourth-order valence-corrected chi connectivity index (χ4v) is 1.52. The summed E-state index contributed by atoms with van der Waals surface area (Å²) in [6, 6.07) is 5.74. The van der Waals surface area contributed by atoms with Crippen LogP contribution in [0.25, 0.3) is 0 Å². The number of nitrogens with one attached hydrogen (secondary N) is 1. The van der Waals surface area contributed by atoms with Crippen LogP contribution in [0.2, 0.25) is 0 Å². The van der Waals surface area contributed by atoms with Gasteiger partial charge >= 0.3 is 0 Å². The van der Waals surface area contributed by atoms with Crippen LogP contribution in [0.4, 0.5) is 4.39 Å². The lowest BCUT2D eigenvalue weighted by molar-refractivity contribution is -0.133. The van der Waals surface area contributed by atoms with E-state index in [1.165, 1.54) is 17.1 Å². The molecule has 1 aliphatic heterocycles. The predicted molar refractivity (Wildman–Crippen MR) is 54.8 cm³/mol. The number of carbonyl (C=O) groups is 2. The number of ketones is 1. The number of hydrogen-bond donors (Lipinski definition) is 1. The largest absolute Gasteiger partial charge is 0.296 e. The highest BCUT2D eigenvalue weighted by molar-refractivity contribution is 5.90. The number of benzene rings is 1. The van der Waals surface area contributed by atoms with Crippen molar-refractivity contribution in [3.05, 3.63) is 35.6 Å². The zero-order valence-electron chi connectivity index (χ0n) is 8.57. The summed E-state index contributed by atoms with van der Waals surface area (Å²) in [5.74, 6) is -0.518. The fraction of sp³-hybridized carbons (Fsp3) is 0.273. The second kappa shape index (κ2) is 4.40. The highest BCUT2D eigenvalue weighted by Gasteiger charge is 2.23. The molecule has 1 saturated heterocycles. The van der Waals surface area contributed by atoms with Crippen molar-refractivity contribution in [1.29, 1.82) is 0 Å². The van der Waals surface area contributed by atoms with Crippen molar-refractivity contribution in [2.45, 2.75) is 6.42 Å². The van der Waals surface area contributed by atoms with E-state index in [0.29, 0.717) is 0 Å². The van der Waals surface area contributed by atoms with E-state index in [4.69, 9.17) is 0 Å². The van der Waals surface area contributed by atoms with Crippen LogP contribution < -0.4 is 5.43 Å². The van der Waals surface area contributed by atoms with Gasteiger partial charge in [0.2, 0.25) is 5.91 Å². The van der Waals surface area contributed by atoms with Gasteiger partial charge in [-0.05, 0) is 17.7 Å². The maximum Gasteiger partial charge on any atom is 0.241 e. The minimum atomic E-state index is -0.328. The van der Waals surface area contributed by atoms with Gasteiger partial charge in [0.05, 0.1) is 19.5 Å². The highest BCUT2D eigenvalue weighted by atomic mass is 19.1. The van der Waals surface area contributed by atoms with Crippen molar-refractivity contribution in [3.63, 3.8) is 0 Å². The normalized spacial score (nSPS) is 15.6. The SMILES string of the molecule is O=C1CNN(C(=O)Cc2ccc(F)cc2)C1. The molecule has 1 fully saturated rings. The van der Waals surface area contributed by atoms with Crippen LogP contribution in [0.1, 0.15) is 5.56 Å². The molecule has 1 heterocycles. The molecule has 84 valence electrons. The van der Waals surface area contributed by atoms with E-state index < -0.39 is 0 Å². The van der Waals surface area contributed by atoms with Gasteiger partial charge in [-0.2, -0.15) is 0 Å². The Morgan fingerprint density at radius 2 is 2.06 bits per heavy atom. The number of nitrogens with zero attached hydrogens (tertiary/aromatic N) is 1. The van der Waals surface area contributed by atoms with Gasteiger partial charge < -0.3 is 0 Å². The topological polar surface area (TPSA) is 49.4 Å². The molecule has 1 N–H and O–H groups in total. The molecule has 16 heavy (non-hydrogen) atoms. The van der Waals surface area contributed by atoms with Crippen LogP contribution in [-0.2, 0) is 16.0 Å². The molecule has 2 rings (SSSR count). The number of halogens is 1. The molecule has 0 unspecified atom stereocenters. The minimum Gasteiger partial charge on any atom is -0.296 e. The first kappa shape index (κ1) is 10.8. The lowest BCUT2D eigenvalue weighted by Crippen LogP contribution is -2.37. The molecule has 0 aromatic heterocycles. The molecule has 0 saturated carbocycles. The van der Waals surface area contributed by atoms with E-state index >= 15 is 0 Å². The Balaban J connectivity index is 1.97. The molecule has 1 aromatic rings. The van der Waals surface area contributed by atoms with Crippen LogP contribution in [0.5, 0.6) is 0 Å². The second-order valence-corrected chi connectivity index (χ2v) is 3.66. The smallest absolute Gasteiger partial charge is 0.241 e.